The monoisotopic (exact) mass is 308 g/mol. The molecule has 0 amide bonds. The summed E-state index contributed by atoms with van der Waals surface area (Å²) in [4.78, 5) is 10.4. The molecule has 0 aliphatic carbocycles. The summed E-state index contributed by atoms with van der Waals surface area (Å²) in [6.07, 6.45) is -0.223. The number of nitro benzene ring substituents is 1. The topological polar surface area (TPSA) is 73.6 Å². The van der Waals surface area contributed by atoms with E-state index in [2.05, 4.69) is 5.32 Å². The van der Waals surface area contributed by atoms with Crippen LogP contribution >= 0.6 is 23.2 Å². The van der Waals surface area contributed by atoms with E-state index in [-0.39, 0.29) is 27.5 Å². The van der Waals surface area contributed by atoms with Crippen molar-refractivity contribution < 1.29 is 14.4 Å². The van der Waals surface area contributed by atoms with Gasteiger partial charge in [0.2, 0.25) is 0 Å². The normalized spacial score (nSPS) is 12.2. The summed E-state index contributed by atoms with van der Waals surface area (Å²) in [5.41, 5.74) is 0.152. The second-order valence-electron chi connectivity index (χ2n) is 3.73. The summed E-state index contributed by atoms with van der Waals surface area (Å²) in [7, 11) is 3.09. The molecule has 106 valence electrons. The number of nitrogens with one attached hydrogen (secondary N) is 1. The number of rotatable bonds is 7. The van der Waals surface area contributed by atoms with E-state index in [0.29, 0.717) is 13.2 Å². The molecule has 0 fully saturated rings. The van der Waals surface area contributed by atoms with Crippen LogP contribution in [-0.2, 0) is 9.47 Å². The minimum atomic E-state index is -0.525. The van der Waals surface area contributed by atoms with Crippen molar-refractivity contribution in [3.63, 3.8) is 0 Å². The Morgan fingerprint density at radius 3 is 2.53 bits per heavy atom. The third-order valence-electron chi connectivity index (χ3n) is 2.44. The first-order chi connectivity index (χ1) is 8.99. The van der Waals surface area contributed by atoms with E-state index in [1.165, 1.54) is 19.2 Å². The van der Waals surface area contributed by atoms with Crippen LogP contribution in [0.1, 0.15) is 0 Å². The van der Waals surface area contributed by atoms with Gasteiger partial charge in [0.25, 0.3) is 5.69 Å². The summed E-state index contributed by atoms with van der Waals surface area (Å²) >= 11 is 11.6. The molecule has 1 atom stereocenters. The Kier molecular flexibility index (Phi) is 6.30. The van der Waals surface area contributed by atoms with Gasteiger partial charge in [-0.15, -0.1) is 0 Å². The molecule has 1 aromatic rings. The van der Waals surface area contributed by atoms with Gasteiger partial charge in [0.05, 0.1) is 27.7 Å². The van der Waals surface area contributed by atoms with Crippen molar-refractivity contribution >= 4 is 34.6 Å². The predicted molar refractivity (Wildman–Crippen MR) is 74.3 cm³/mol. The average Bonchev–Trinajstić information content (AvgIpc) is 2.37. The van der Waals surface area contributed by atoms with Gasteiger partial charge in [-0.3, -0.25) is 10.1 Å². The van der Waals surface area contributed by atoms with Crippen LogP contribution in [0.5, 0.6) is 0 Å². The van der Waals surface area contributed by atoms with Crippen LogP contribution in [0.2, 0.25) is 10.0 Å². The van der Waals surface area contributed by atoms with Gasteiger partial charge in [-0.1, -0.05) is 23.2 Å². The standard InChI is InChI=1S/C11H14Cl2N2O4/c1-18-6-7(19-2)5-14-10-3-8(12)9(13)4-11(10)15(16)17/h3-4,7,14H,5-6H2,1-2H3. The number of hydrogen-bond acceptors (Lipinski definition) is 5. The quantitative estimate of drug-likeness (QED) is 0.619. The number of nitro groups is 1. The van der Waals surface area contributed by atoms with Crippen molar-refractivity contribution in [2.24, 2.45) is 0 Å². The molecule has 1 unspecified atom stereocenters. The van der Waals surface area contributed by atoms with Crippen LogP contribution in [-0.4, -0.2) is 38.4 Å². The van der Waals surface area contributed by atoms with Gasteiger partial charge in [0.15, 0.2) is 0 Å². The summed E-state index contributed by atoms with van der Waals surface area (Å²) < 4.78 is 10.1. The van der Waals surface area contributed by atoms with Gasteiger partial charge in [0.1, 0.15) is 5.69 Å². The van der Waals surface area contributed by atoms with Crippen molar-refractivity contribution in [3.8, 4) is 0 Å². The van der Waals surface area contributed by atoms with E-state index in [1.54, 1.807) is 7.11 Å². The molecule has 0 spiro atoms. The molecule has 8 heteroatoms. The van der Waals surface area contributed by atoms with E-state index in [1.807, 2.05) is 0 Å². The molecule has 1 rings (SSSR count). The zero-order valence-corrected chi connectivity index (χ0v) is 12.0. The van der Waals surface area contributed by atoms with Crippen LogP contribution in [0, 0.1) is 10.1 Å². The Labute approximate surface area is 120 Å². The Bertz CT molecular complexity index is 457. The number of hydrogen-bond donors (Lipinski definition) is 1. The zero-order valence-electron chi connectivity index (χ0n) is 10.5. The fourth-order valence-corrected chi connectivity index (χ4v) is 1.77. The second-order valence-corrected chi connectivity index (χ2v) is 4.55. The van der Waals surface area contributed by atoms with Crippen LogP contribution in [0.25, 0.3) is 0 Å². The molecule has 0 saturated heterocycles. The minimum absolute atomic E-state index is 0.137. The number of ether oxygens (including phenoxy) is 2. The first-order valence-electron chi connectivity index (χ1n) is 5.38. The minimum Gasteiger partial charge on any atom is -0.382 e. The van der Waals surface area contributed by atoms with E-state index >= 15 is 0 Å². The second kappa shape index (κ2) is 7.49. The molecule has 1 N–H and O–H groups in total. The van der Waals surface area contributed by atoms with Crippen LogP contribution in [0.3, 0.4) is 0 Å². The molecule has 0 radical (unpaired) electrons. The molecular formula is C11H14Cl2N2O4. The molecule has 0 aromatic heterocycles. The largest absolute Gasteiger partial charge is 0.382 e. The third kappa shape index (κ3) is 4.50. The maximum atomic E-state index is 10.9. The zero-order chi connectivity index (χ0) is 14.4. The number of benzene rings is 1. The van der Waals surface area contributed by atoms with E-state index in [9.17, 15) is 10.1 Å². The lowest BCUT2D eigenvalue weighted by atomic mass is 10.2. The van der Waals surface area contributed by atoms with E-state index in [0.717, 1.165) is 0 Å². The van der Waals surface area contributed by atoms with Gasteiger partial charge in [0, 0.05) is 26.8 Å². The number of methoxy groups -OCH3 is 2. The van der Waals surface area contributed by atoms with Gasteiger partial charge >= 0.3 is 0 Å². The van der Waals surface area contributed by atoms with Gasteiger partial charge in [-0.2, -0.15) is 0 Å². The lowest BCUT2D eigenvalue weighted by Crippen LogP contribution is -2.26. The molecule has 0 bridgehead atoms. The number of nitrogens with zero attached hydrogens (tertiary/aromatic N) is 1. The van der Waals surface area contributed by atoms with E-state index < -0.39 is 4.92 Å². The Balaban J connectivity index is 2.87. The van der Waals surface area contributed by atoms with Gasteiger partial charge < -0.3 is 14.8 Å². The third-order valence-corrected chi connectivity index (χ3v) is 3.16. The van der Waals surface area contributed by atoms with Gasteiger partial charge in [-0.25, -0.2) is 0 Å². The molecule has 0 aliphatic heterocycles. The Morgan fingerprint density at radius 1 is 1.37 bits per heavy atom. The summed E-state index contributed by atoms with van der Waals surface area (Å²) in [6, 6.07) is 2.63. The molecule has 0 saturated carbocycles. The van der Waals surface area contributed by atoms with E-state index in [4.69, 9.17) is 32.7 Å². The molecule has 0 aliphatic rings. The summed E-state index contributed by atoms with van der Waals surface area (Å²) in [5.74, 6) is 0. The highest BCUT2D eigenvalue weighted by atomic mass is 35.5. The number of anilines is 1. The molecule has 19 heavy (non-hydrogen) atoms. The first kappa shape index (κ1) is 16.0. The summed E-state index contributed by atoms with van der Waals surface area (Å²) in [6.45, 7) is 0.724. The van der Waals surface area contributed by atoms with Crippen molar-refractivity contribution in [1.29, 1.82) is 0 Å². The van der Waals surface area contributed by atoms with Crippen LogP contribution in [0.15, 0.2) is 12.1 Å². The molecule has 6 nitrogen and oxygen atoms in total. The molecule has 1 aromatic carbocycles. The fourth-order valence-electron chi connectivity index (χ4n) is 1.45. The van der Waals surface area contributed by atoms with Crippen LogP contribution in [0.4, 0.5) is 11.4 Å². The van der Waals surface area contributed by atoms with Gasteiger partial charge in [-0.05, 0) is 6.07 Å². The highest BCUT2D eigenvalue weighted by molar-refractivity contribution is 6.42. The maximum absolute atomic E-state index is 10.9. The highest BCUT2D eigenvalue weighted by Crippen LogP contribution is 2.33. The lowest BCUT2D eigenvalue weighted by Gasteiger charge is -2.16. The van der Waals surface area contributed by atoms with Crippen molar-refractivity contribution in [1.82, 2.24) is 0 Å². The fraction of sp³-hybridized carbons (Fsp3) is 0.455. The molecular weight excluding hydrogens is 295 g/mol. The lowest BCUT2D eigenvalue weighted by molar-refractivity contribution is -0.383. The van der Waals surface area contributed by atoms with Crippen molar-refractivity contribution in [3.05, 3.63) is 32.3 Å². The smallest absolute Gasteiger partial charge is 0.293 e. The predicted octanol–water partition coefficient (Wildman–Crippen LogP) is 2.97. The maximum Gasteiger partial charge on any atom is 0.293 e. The summed E-state index contributed by atoms with van der Waals surface area (Å²) in [5, 5.41) is 14.2. The molecule has 0 heterocycles. The van der Waals surface area contributed by atoms with Crippen molar-refractivity contribution in [2.45, 2.75) is 6.10 Å². The first-order valence-corrected chi connectivity index (χ1v) is 6.14. The Morgan fingerprint density at radius 2 is 2.00 bits per heavy atom. The average molecular weight is 309 g/mol. The van der Waals surface area contributed by atoms with Crippen molar-refractivity contribution in [2.75, 3.05) is 32.7 Å². The number of halogens is 2. The Hall–Kier alpha value is -1.08. The SMILES string of the molecule is COCC(CNc1cc(Cl)c(Cl)cc1[N+](=O)[O-])OC. The van der Waals surface area contributed by atoms with Crippen LogP contribution < -0.4 is 5.32 Å². The highest BCUT2D eigenvalue weighted by Gasteiger charge is 2.18.